The third kappa shape index (κ3) is 4.76. The van der Waals surface area contributed by atoms with Gasteiger partial charge in [-0.2, -0.15) is 0 Å². The standard InChI is InChI=1S/C18H17FN4O2S/c1-11-3-8-15(12(2)9-11)25-10-16-22-23-18(26-16)21-17(24)20-14-6-4-13(19)5-7-14/h3-9H,10H2,1-2H3,(H2,20,21,23,24). The van der Waals surface area contributed by atoms with E-state index in [0.717, 1.165) is 11.3 Å². The van der Waals surface area contributed by atoms with Crippen LogP contribution in [0.4, 0.5) is 20.0 Å². The Kier molecular flexibility index (Phi) is 5.43. The van der Waals surface area contributed by atoms with E-state index in [4.69, 9.17) is 4.74 Å². The average Bonchev–Trinajstić information content (AvgIpc) is 3.03. The number of amides is 2. The Morgan fingerprint density at radius 3 is 2.62 bits per heavy atom. The highest BCUT2D eigenvalue weighted by Crippen LogP contribution is 2.22. The maximum absolute atomic E-state index is 12.9. The highest BCUT2D eigenvalue weighted by atomic mass is 32.1. The van der Waals surface area contributed by atoms with E-state index in [0.29, 0.717) is 15.8 Å². The third-order valence-electron chi connectivity index (χ3n) is 3.47. The molecular weight excluding hydrogens is 355 g/mol. The fraction of sp³-hybridized carbons (Fsp3) is 0.167. The molecule has 0 fully saturated rings. The van der Waals surface area contributed by atoms with Crippen LogP contribution in [0.25, 0.3) is 0 Å². The van der Waals surface area contributed by atoms with Gasteiger partial charge in [0.1, 0.15) is 18.2 Å². The predicted molar refractivity (Wildman–Crippen MR) is 99.2 cm³/mol. The molecule has 0 radical (unpaired) electrons. The van der Waals surface area contributed by atoms with Crippen LogP contribution in [0, 0.1) is 19.7 Å². The fourth-order valence-electron chi connectivity index (χ4n) is 2.26. The summed E-state index contributed by atoms with van der Waals surface area (Å²) in [5, 5.41) is 14.1. The molecule has 1 heterocycles. The number of nitrogens with zero attached hydrogens (tertiary/aromatic N) is 2. The van der Waals surface area contributed by atoms with Crippen molar-refractivity contribution in [1.29, 1.82) is 0 Å². The summed E-state index contributed by atoms with van der Waals surface area (Å²) >= 11 is 1.22. The molecule has 0 bridgehead atoms. The number of halogens is 1. The minimum atomic E-state index is -0.477. The van der Waals surface area contributed by atoms with Gasteiger partial charge in [-0.3, -0.25) is 5.32 Å². The van der Waals surface area contributed by atoms with Crippen molar-refractivity contribution in [3.05, 3.63) is 64.4 Å². The van der Waals surface area contributed by atoms with Crippen LogP contribution < -0.4 is 15.4 Å². The molecule has 3 aromatic rings. The summed E-state index contributed by atoms with van der Waals surface area (Å²) in [5.74, 6) is 0.419. The molecule has 8 heteroatoms. The average molecular weight is 372 g/mol. The molecule has 0 atom stereocenters. The van der Waals surface area contributed by atoms with Gasteiger partial charge < -0.3 is 10.1 Å². The van der Waals surface area contributed by atoms with E-state index >= 15 is 0 Å². The second kappa shape index (κ2) is 7.92. The van der Waals surface area contributed by atoms with E-state index < -0.39 is 6.03 Å². The van der Waals surface area contributed by atoms with Crippen LogP contribution in [0.15, 0.2) is 42.5 Å². The van der Waals surface area contributed by atoms with Crippen LogP contribution in [-0.4, -0.2) is 16.2 Å². The quantitative estimate of drug-likeness (QED) is 0.690. The molecule has 0 saturated heterocycles. The number of anilines is 2. The number of nitrogens with one attached hydrogen (secondary N) is 2. The monoisotopic (exact) mass is 372 g/mol. The van der Waals surface area contributed by atoms with E-state index in [-0.39, 0.29) is 12.4 Å². The maximum atomic E-state index is 12.9. The number of rotatable bonds is 5. The van der Waals surface area contributed by atoms with Gasteiger partial charge in [-0.1, -0.05) is 29.0 Å². The van der Waals surface area contributed by atoms with Crippen molar-refractivity contribution in [2.75, 3.05) is 10.6 Å². The van der Waals surface area contributed by atoms with Gasteiger partial charge in [0.25, 0.3) is 0 Å². The van der Waals surface area contributed by atoms with Crippen molar-refractivity contribution in [2.45, 2.75) is 20.5 Å². The largest absolute Gasteiger partial charge is 0.486 e. The van der Waals surface area contributed by atoms with Gasteiger partial charge in [-0.15, -0.1) is 10.2 Å². The van der Waals surface area contributed by atoms with Crippen LogP contribution in [0.1, 0.15) is 16.1 Å². The summed E-state index contributed by atoms with van der Waals surface area (Å²) in [6, 6.07) is 10.9. The number of urea groups is 1. The number of benzene rings is 2. The Hall–Kier alpha value is -3.00. The maximum Gasteiger partial charge on any atom is 0.325 e. The van der Waals surface area contributed by atoms with Crippen LogP contribution in [-0.2, 0) is 6.61 Å². The number of hydrogen-bond donors (Lipinski definition) is 2. The Morgan fingerprint density at radius 2 is 1.88 bits per heavy atom. The minimum Gasteiger partial charge on any atom is -0.486 e. The number of carbonyl (C=O) groups excluding carboxylic acids is 1. The molecule has 26 heavy (non-hydrogen) atoms. The lowest BCUT2D eigenvalue weighted by molar-refractivity contribution is 0.262. The Labute approximate surface area is 154 Å². The van der Waals surface area contributed by atoms with Gasteiger partial charge >= 0.3 is 6.03 Å². The van der Waals surface area contributed by atoms with Crippen molar-refractivity contribution in [1.82, 2.24) is 10.2 Å². The molecule has 0 saturated carbocycles. The van der Waals surface area contributed by atoms with E-state index in [1.54, 1.807) is 0 Å². The number of aromatic nitrogens is 2. The Balaban J connectivity index is 1.54. The predicted octanol–water partition coefficient (Wildman–Crippen LogP) is 4.52. The van der Waals surface area contributed by atoms with Gasteiger partial charge in [-0.05, 0) is 49.7 Å². The molecule has 0 spiro atoms. The summed E-state index contributed by atoms with van der Waals surface area (Å²) < 4.78 is 18.6. The number of hydrogen-bond acceptors (Lipinski definition) is 5. The summed E-state index contributed by atoms with van der Waals surface area (Å²) in [6.07, 6.45) is 0. The Bertz CT molecular complexity index is 912. The normalized spacial score (nSPS) is 10.4. The number of carbonyl (C=O) groups is 1. The van der Waals surface area contributed by atoms with Gasteiger partial charge in [-0.25, -0.2) is 9.18 Å². The molecule has 0 aliphatic rings. The van der Waals surface area contributed by atoms with Gasteiger partial charge in [0.05, 0.1) is 0 Å². The van der Waals surface area contributed by atoms with E-state index in [9.17, 15) is 9.18 Å². The van der Waals surface area contributed by atoms with Crippen molar-refractivity contribution in [3.63, 3.8) is 0 Å². The molecule has 0 unspecified atom stereocenters. The second-order valence-corrected chi connectivity index (χ2v) is 6.71. The molecule has 134 valence electrons. The van der Waals surface area contributed by atoms with Crippen molar-refractivity contribution in [3.8, 4) is 5.75 Å². The first kappa shape index (κ1) is 17.8. The molecule has 1 aromatic heterocycles. The van der Waals surface area contributed by atoms with Crippen LogP contribution >= 0.6 is 11.3 Å². The zero-order chi connectivity index (χ0) is 18.5. The minimum absolute atomic E-state index is 0.267. The molecule has 3 rings (SSSR count). The van der Waals surface area contributed by atoms with Crippen LogP contribution in [0.2, 0.25) is 0 Å². The van der Waals surface area contributed by atoms with E-state index in [1.807, 2.05) is 32.0 Å². The third-order valence-corrected chi connectivity index (χ3v) is 4.28. The van der Waals surface area contributed by atoms with Crippen LogP contribution in [0.3, 0.4) is 0 Å². The first-order chi connectivity index (χ1) is 12.5. The smallest absolute Gasteiger partial charge is 0.325 e. The molecule has 0 aliphatic carbocycles. The highest BCUT2D eigenvalue weighted by Gasteiger charge is 2.10. The lowest BCUT2D eigenvalue weighted by Crippen LogP contribution is -2.19. The SMILES string of the molecule is Cc1ccc(OCc2nnc(NC(=O)Nc3ccc(F)cc3)s2)c(C)c1. The van der Waals surface area contributed by atoms with Crippen LogP contribution in [0.5, 0.6) is 5.75 Å². The summed E-state index contributed by atoms with van der Waals surface area (Å²) in [4.78, 5) is 11.9. The molecule has 2 aromatic carbocycles. The fourth-order valence-corrected chi connectivity index (χ4v) is 2.90. The topological polar surface area (TPSA) is 76.1 Å². The molecular formula is C18H17FN4O2S. The van der Waals surface area contributed by atoms with Gasteiger partial charge in [0, 0.05) is 5.69 Å². The zero-order valence-electron chi connectivity index (χ0n) is 14.2. The van der Waals surface area contributed by atoms with E-state index in [1.165, 1.54) is 41.2 Å². The first-order valence-corrected chi connectivity index (χ1v) is 8.67. The Morgan fingerprint density at radius 1 is 1.12 bits per heavy atom. The summed E-state index contributed by atoms with van der Waals surface area (Å²) in [5.41, 5.74) is 2.70. The molecule has 2 amide bonds. The molecule has 0 aliphatic heterocycles. The van der Waals surface area contributed by atoms with Gasteiger partial charge in [0.15, 0.2) is 5.01 Å². The molecule has 6 nitrogen and oxygen atoms in total. The van der Waals surface area contributed by atoms with Gasteiger partial charge in [0.2, 0.25) is 5.13 Å². The summed E-state index contributed by atoms with van der Waals surface area (Å²) in [7, 11) is 0. The van der Waals surface area contributed by atoms with Crippen molar-refractivity contribution in [2.24, 2.45) is 0 Å². The zero-order valence-corrected chi connectivity index (χ0v) is 15.1. The summed E-state index contributed by atoms with van der Waals surface area (Å²) in [6.45, 7) is 4.27. The lowest BCUT2D eigenvalue weighted by atomic mass is 10.1. The van der Waals surface area contributed by atoms with Crippen molar-refractivity contribution >= 4 is 28.2 Å². The van der Waals surface area contributed by atoms with E-state index in [2.05, 4.69) is 20.8 Å². The first-order valence-electron chi connectivity index (χ1n) is 7.85. The lowest BCUT2D eigenvalue weighted by Gasteiger charge is -2.07. The highest BCUT2D eigenvalue weighted by molar-refractivity contribution is 7.15. The number of ether oxygens (including phenoxy) is 1. The molecule has 2 N–H and O–H groups in total. The second-order valence-electron chi connectivity index (χ2n) is 5.64. The van der Waals surface area contributed by atoms with Crippen molar-refractivity contribution < 1.29 is 13.9 Å². The number of aryl methyl sites for hydroxylation is 2.